The number of carbonyl (C=O) groups is 3. The third kappa shape index (κ3) is 4.77. The number of hydrogen-bond acceptors (Lipinski definition) is 4. The van der Waals surface area contributed by atoms with Crippen LogP contribution in [0.4, 0.5) is 4.79 Å². The lowest BCUT2D eigenvalue weighted by atomic mass is 9.61. The highest BCUT2D eigenvalue weighted by Gasteiger charge is 2.46. The molecule has 4 unspecified atom stereocenters. The summed E-state index contributed by atoms with van der Waals surface area (Å²) in [4.78, 5) is 37.0. The van der Waals surface area contributed by atoms with Crippen LogP contribution in [-0.2, 0) is 14.3 Å². The van der Waals surface area contributed by atoms with Crippen molar-refractivity contribution in [2.75, 3.05) is 6.61 Å². The van der Waals surface area contributed by atoms with Gasteiger partial charge in [0, 0.05) is 12.0 Å². The molecule has 0 aliphatic heterocycles. The molecule has 0 bridgehead atoms. The number of alkyl carbamates (subject to hydrolysis) is 1. The number of benzene rings is 2. The SMILES string of the molecule is CC(NC(=O)OCC1c2ccccc2-c2ccccc21)C(=O)NC1CCC(C(=O)O)C(C)(C)C1C. The van der Waals surface area contributed by atoms with Gasteiger partial charge in [-0.25, -0.2) is 4.79 Å². The van der Waals surface area contributed by atoms with Crippen LogP contribution in [0.5, 0.6) is 0 Å². The molecule has 4 rings (SSSR count). The van der Waals surface area contributed by atoms with Crippen LogP contribution < -0.4 is 10.6 Å². The molecule has 186 valence electrons. The van der Waals surface area contributed by atoms with E-state index >= 15 is 0 Å². The predicted molar refractivity (Wildman–Crippen MR) is 133 cm³/mol. The first kappa shape index (κ1) is 24.8. The molecule has 2 aromatic carbocycles. The molecule has 0 spiro atoms. The summed E-state index contributed by atoms with van der Waals surface area (Å²) in [5.74, 6) is -1.62. The van der Waals surface area contributed by atoms with Crippen LogP contribution >= 0.6 is 0 Å². The molecule has 3 N–H and O–H groups in total. The molecule has 2 aliphatic rings. The van der Waals surface area contributed by atoms with Crippen molar-refractivity contribution in [3.63, 3.8) is 0 Å². The zero-order valence-electron chi connectivity index (χ0n) is 20.7. The minimum Gasteiger partial charge on any atom is -0.481 e. The minimum absolute atomic E-state index is 0.0250. The summed E-state index contributed by atoms with van der Waals surface area (Å²) in [7, 11) is 0. The molecule has 0 heterocycles. The van der Waals surface area contributed by atoms with Gasteiger partial charge in [-0.2, -0.15) is 0 Å². The quantitative estimate of drug-likeness (QED) is 0.565. The average Bonchev–Trinajstić information content (AvgIpc) is 3.14. The molecule has 7 nitrogen and oxygen atoms in total. The van der Waals surface area contributed by atoms with Gasteiger partial charge in [0.05, 0.1) is 5.92 Å². The molecule has 2 amide bonds. The van der Waals surface area contributed by atoms with Gasteiger partial charge in [0.1, 0.15) is 12.6 Å². The van der Waals surface area contributed by atoms with Gasteiger partial charge >= 0.3 is 12.1 Å². The standard InChI is InChI=1S/C28H34N2O5/c1-16-24(14-13-23(26(32)33)28(16,3)4)30-25(31)17(2)29-27(34)35-15-22-20-11-7-5-9-18(20)19-10-6-8-12-21(19)22/h5-12,16-17,22-24H,13-15H2,1-4H3,(H,29,34)(H,30,31)(H,32,33). The van der Waals surface area contributed by atoms with E-state index in [0.717, 1.165) is 22.3 Å². The molecule has 2 aliphatic carbocycles. The third-order valence-electron chi connectivity index (χ3n) is 8.14. The van der Waals surface area contributed by atoms with Crippen LogP contribution in [0.3, 0.4) is 0 Å². The molecule has 4 atom stereocenters. The van der Waals surface area contributed by atoms with Crippen molar-refractivity contribution in [2.24, 2.45) is 17.3 Å². The Morgan fingerprint density at radius 3 is 2.17 bits per heavy atom. The van der Waals surface area contributed by atoms with E-state index in [1.807, 2.05) is 45.0 Å². The zero-order chi connectivity index (χ0) is 25.3. The first-order valence-corrected chi connectivity index (χ1v) is 12.3. The highest BCUT2D eigenvalue weighted by Crippen LogP contribution is 2.45. The number of fused-ring (bicyclic) bond motifs is 3. The van der Waals surface area contributed by atoms with Crippen LogP contribution in [0, 0.1) is 17.3 Å². The first-order chi connectivity index (χ1) is 16.6. The molecule has 0 aromatic heterocycles. The highest BCUT2D eigenvalue weighted by atomic mass is 16.5. The summed E-state index contributed by atoms with van der Waals surface area (Å²) in [5.41, 5.74) is 4.10. The third-order valence-corrected chi connectivity index (χ3v) is 8.14. The van der Waals surface area contributed by atoms with Gasteiger partial charge in [0.2, 0.25) is 5.91 Å². The maximum Gasteiger partial charge on any atom is 0.407 e. The summed E-state index contributed by atoms with van der Waals surface area (Å²) in [6.07, 6.45) is 0.453. The lowest BCUT2D eigenvalue weighted by Gasteiger charge is -2.46. The number of amides is 2. The number of nitrogens with one attached hydrogen (secondary N) is 2. The first-order valence-electron chi connectivity index (χ1n) is 12.3. The molecule has 0 saturated heterocycles. The van der Waals surface area contributed by atoms with E-state index in [2.05, 4.69) is 34.9 Å². The number of carbonyl (C=O) groups excluding carboxylic acids is 2. The Labute approximate surface area is 206 Å². The number of rotatable bonds is 6. The van der Waals surface area contributed by atoms with E-state index in [1.54, 1.807) is 6.92 Å². The van der Waals surface area contributed by atoms with E-state index in [1.165, 1.54) is 0 Å². The number of aliphatic carboxylic acids is 1. The Bertz CT molecular complexity index is 1080. The molecular formula is C28H34N2O5. The number of ether oxygens (including phenoxy) is 1. The topological polar surface area (TPSA) is 105 Å². The second kappa shape index (κ2) is 9.72. The number of carboxylic acids is 1. The van der Waals surface area contributed by atoms with Crippen molar-refractivity contribution in [1.29, 1.82) is 0 Å². The maximum absolute atomic E-state index is 12.8. The normalized spacial score (nSPS) is 23.5. The monoisotopic (exact) mass is 478 g/mol. The Hall–Kier alpha value is -3.35. The zero-order valence-corrected chi connectivity index (χ0v) is 20.7. The van der Waals surface area contributed by atoms with Crippen molar-refractivity contribution >= 4 is 18.0 Å². The van der Waals surface area contributed by atoms with E-state index in [-0.39, 0.29) is 30.4 Å². The second-order valence-electron chi connectivity index (χ2n) is 10.4. The Balaban J connectivity index is 1.32. The maximum atomic E-state index is 12.8. The van der Waals surface area contributed by atoms with E-state index in [0.29, 0.717) is 12.8 Å². The van der Waals surface area contributed by atoms with Crippen molar-refractivity contribution in [3.8, 4) is 11.1 Å². The van der Waals surface area contributed by atoms with Gasteiger partial charge in [-0.05, 0) is 53.4 Å². The lowest BCUT2D eigenvalue weighted by Crippen LogP contribution is -2.55. The van der Waals surface area contributed by atoms with Crippen LogP contribution in [0.1, 0.15) is 57.6 Å². The van der Waals surface area contributed by atoms with Crippen LogP contribution in [0.2, 0.25) is 0 Å². The van der Waals surface area contributed by atoms with Gasteiger partial charge in [-0.15, -0.1) is 0 Å². The molecule has 0 radical (unpaired) electrons. The Kier molecular flexibility index (Phi) is 6.88. The van der Waals surface area contributed by atoms with Crippen LogP contribution in [-0.4, -0.2) is 41.8 Å². The van der Waals surface area contributed by atoms with Gasteiger partial charge in [-0.3, -0.25) is 9.59 Å². The molecule has 1 fully saturated rings. The number of hydrogen-bond donors (Lipinski definition) is 3. The fourth-order valence-electron chi connectivity index (χ4n) is 5.63. The fraction of sp³-hybridized carbons (Fsp3) is 0.464. The lowest BCUT2D eigenvalue weighted by molar-refractivity contribution is -0.150. The molecular weight excluding hydrogens is 444 g/mol. The molecule has 2 aromatic rings. The van der Waals surface area contributed by atoms with E-state index in [9.17, 15) is 19.5 Å². The van der Waals surface area contributed by atoms with Crippen molar-refractivity contribution in [2.45, 2.75) is 58.5 Å². The van der Waals surface area contributed by atoms with Crippen molar-refractivity contribution in [1.82, 2.24) is 10.6 Å². The Morgan fingerprint density at radius 1 is 1.03 bits per heavy atom. The van der Waals surface area contributed by atoms with E-state index in [4.69, 9.17) is 4.74 Å². The highest BCUT2D eigenvalue weighted by molar-refractivity contribution is 5.85. The average molecular weight is 479 g/mol. The smallest absolute Gasteiger partial charge is 0.407 e. The predicted octanol–water partition coefficient (Wildman–Crippen LogP) is 4.56. The number of carboxylic acid groups (broad SMARTS) is 1. The van der Waals surface area contributed by atoms with Gasteiger partial charge in [0.15, 0.2) is 0 Å². The van der Waals surface area contributed by atoms with Gasteiger partial charge < -0.3 is 20.5 Å². The summed E-state index contributed by atoms with van der Waals surface area (Å²) >= 11 is 0. The second-order valence-corrected chi connectivity index (χ2v) is 10.4. The summed E-state index contributed by atoms with van der Waals surface area (Å²) < 4.78 is 5.55. The van der Waals surface area contributed by atoms with Gasteiger partial charge in [-0.1, -0.05) is 69.3 Å². The summed E-state index contributed by atoms with van der Waals surface area (Å²) in [6, 6.07) is 15.3. The fourth-order valence-corrected chi connectivity index (χ4v) is 5.63. The van der Waals surface area contributed by atoms with Gasteiger partial charge in [0.25, 0.3) is 0 Å². The van der Waals surface area contributed by atoms with Crippen LogP contribution in [0.25, 0.3) is 11.1 Å². The van der Waals surface area contributed by atoms with E-state index < -0.39 is 29.4 Å². The summed E-state index contributed by atoms with van der Waals surface area (Å²) in [5, 5.41) is 15.2. The largest absolute Gasteiger partial charge is 0.481 e. The van der Waals surface area contributed by atoms with Crippen LogP contribution in [0.15, 0.2) is 48.5 Å². The molecule has 7 heteroatoms. The van der Waals surface area contributed by atoms with Crippen molar-refractivity contribution < 1.29 is 24.2 Å². The minimum atomic E-state index is -0.795. The summed E-state index contributed by atoms with van der Waals surface area (Å²) in [6.45, 7) is 7.65. The Morgan fingerprint density at radius 2 is 1.60 bits per heavy atom. The molecule has 35 heavy (non-hydrogen) atoms. The van der Waals surface area contributed by atoms with Crippen molar-refractivity contribution in [3.05, 3.63) is 59.7 Å². The molecule has 1 saturated carbocycles.